The summed E-state index contributed by atoms with van der Waals surface area (Å²) in [6, 6.07) is 5.36. The highest BCUT2D eigenvalue weighted by atomic mass is 16.5. The number of nitrogens with two attached hydrogens (primary N) is 1. The van der Waals surface area contributed by atoms with Crippen LogP contribution in [0.3, 0.4) is 0 Å². The fourth-order valence-electron chi connectivity index (χ4n) is 2.20. The van der Waals surface area contributed by atoms with Gasteiger partial charge in [0.05, 0.1) is 7.11 Å². The summed E-state index contributed by atoms with van der Waals surface area (Å²) in [7, 11) is 1.33. The van der Waals surface area contributed by atoms with Crippen molar-refractivity contribution in [2.75, 3.05) is 7.11 Å². The SMILES string of the molecule is COC(=O)C1(N)CCc2cccc(O)c2C1. The number of esters is 1. The maximum Gasteiger partial charge on any atom is 0.326 e. The van der Waals surface area contributed by atoms with E-state index in [0.29, 0.717) is 19.3 Å². The van der Waals surface area contributed by atoms with Gasteiger partial charge >= 0.3 is 5.97 Å². The maximum absolute atomic E-state index is 11.6. The van der Waals surface area contributed by atoms with Gasteiger partial charge in [-0.2, -0.15) is 0 Å². The number of aryl methyl sites for hydroxylation is 1. The fraction of sp³-hybridized carbons (Fsp3) is 0.417. The molecule has 86 valence electrons. The molecule has 4 nitrogen and oxygen atoms in total. The molecule has 0 radical (unpaired) electrons. The van der Waals surface area contributed by atoms with Gasteiger partial charge in [0.2, 0.25) is 0 Å². The smallest absolute Gasteiger partial charge is 0.326 e. The number of fused-ring (bicyclic) bond motifs is 1. The predicted molar refractivity (Wildman–Crippen MR) is 59.1 cm³/mol. The van der Waals surface area contributed by atoms with Crippen LogP contribution in [0.4, 0.5) is 0 Å². The van der Waals surface area contributed by atoms with Crippen molar-refractivity contribution in [2.24, 2.45) is 5.73 Å². The van der Waals surface area contributed by atoms with Crippen LogP contribution in [0.5, 0.6) is 5.75 Å². The van der Waals surface area contributed by atoms with E-state index in [1.807, 2.05) is 6.07 Å². The van der Waals surface area contributed by atoms with Crippen molar-refractivity contribution in [1.29, 1.82) is 0 Å². The lowest BCUT2D eigenvalue weighted by Gasteiger charge is -2.32. The number of phenols is 1. The number of ether oxygens (including phenoxy) is 1. The highest BCUT2D eigenvalue weighted by molar-refractivity contribution is 5.81. The summed E-state index contributed by atoms with van der Waals surface area (Å²) >= 11 is 0. The van der Waals surface area contributed by atoms with Crippen LogP contribution in [0.25, 0.3) is 0 Å². The molecule has 0 heterocycles. The standard InChI is InChI=1S/C12H15NO3/c1-16-11(15)12(13)6-5-8-3-2-4-10(14)9(8)7-12/h2-4,14H,5-7,13H2,1H3. The number of phenolic OH excluding ortho intramolecular Hbond substituents is 1. The van der Waals surface area contributed by atoms with Crippen LogP contribution in [0, 0.1) is 0 Å². The summed E-state index contributed by atoms with van der Waals surface area (Å²) in [6.07, 6.45) is 1.58. The molecule has 0 saturated heterocycles. The van der Waals surface area contributed by atoms with Crippen molar-refractivity contribution in [2.45, 2.75) is 24.8 Å². The van der Waals surface area contributed by atoms with Gasteiger partial charge in [-0.1, -0.05) is 12.1 Å². The molecule has 1 aliphatic carbocycles. The van der Waals surface area contributed by atoms with Crippen molar-refractivity contribution in [3.8, 4) is 5.75 Å². The Morgan fingerprint density at radius 3 is 3.00 bits per heavy atom. The molecule has 1 aromatic carbocycles. The van der Waals surface area contributed by atoms with Gasteiger partial charge in [0.25, 0.3) is 0 Å². The number of benzene rings is 1. The van der Waals surface area contributed by atoms with Crippen LogP contribution in [0.1, 0.15) is 17.5 Å². The first-order chi connectivity index (χ1) is 7.57. The van der Waals surface area contributed by atoms with Gasteiger partial charge in [0.1, 0.15) is 11.3 Å². The molecular formula is C12H15NO3. The Hall–Kier alpha value is -1.55. The number of rotatable bonds is 1. The fourth-order valence-corrected chi connectivity index (χ4v) is 2.20. The Morgan fingerprint density at radius 1 is 1.56 bits per heavy atom. The lowest BCUT2D eigenvalue weighted by Crippen LogP contribution is -2.52. The quantitative estimate of drug-likeness (QED) is 0.686. The van der Waals surface area contributed by atoms with Gasteiger partial charge in [-0.05, 0) is 30.0 Å². The van der Waals surface area contributed by atoms with Gasteiger partial charge in [-0.15, -0.1) is 0 Å². The normalized spacial score (nSPS) is 23.6. The minimum Gasteiger partial charge on any atom is -0.508 e. The second-order valence-corrected chi connectivity index (χ2v) is 4.24. The summed E-state index contributed by atoms with van der Waals surface area (Å²) in [6.45, 7) is 0. The minimum absolute atomic E-state index is 0.205. The summed E-state index contributed by atoms with van der Waals surface area (Å²) in [4.78, 5) is 11.6. The molecule has 16 heavy (non-hydrogen) atoms. The Labute approximate surface area is 94.0 Å². The van der Waals surface area contributed by atoms with Crippen molar-refractivity contribution >= 4 is 5.97 Å². The van der Waals surface area contributed by atoms with E-state index in [1.165, 1.54) is 7.11 Å². The average molecular weight is 221 g/mol. The van der Waals surface area contributed by atoms with Gasteiger partial charge in [-0.25, -0.2) is 0 Å². The third-order valence-electron chi connectivity index (χ3n) is 3.17. The first-order valence-electron chi connectivity index (χ1n) is 5.24. The number of carbonyl (C=O) groups is 1. The predicted octanol–water partition coefficient (Wildman–Crippen LogP) is 0.751. The van der Waals surface area contributed by atoms with E-state index in [2.05, 4.69) is 0 Å². The molecule has 0 aromatic heterocycles. The van der Waals surface area contributed by atoms with Crippen molar-refractivity contribution in [3.63, 3.8) is 0 Å². The van der Waals surface area contributed by atoms with Gasteiger partial charge in [0, 0.05) is 6.42 Å². The second-order valence-electron chi connectivity index (χ2n) is 4.24. The zero-order chi connectivity index (χ0) is 11.8. The number of aromatic hydroxyl groups is 1. The van der Waals surface area contributed by atoms with Crippen LogP contribution in [-0.4, -0.2) is 23.7 Å². The molecule has 0 aliphatic heterocycles. The molecule has 0 fully saturated rings. The largest absolute Gasteiger partial charge is 0.508 e. The van der Waals surface area contributed by atoms with E-state index in [0.717, 1.165) is 11.1 Å². The van der Waals surface area contributed by atoms with Crippen LogP contribution in [0.2, 0.25) is 0 Å². The van der Waals surface area contributed by atoms with Crippen LogP contribution in [-0.2, 0) is 22.4 Å². The first-order valence-corrected chi connectivity index (χ1v) is 5.24. The summed E-state index contributed by atoms with van der Waals surface area (Å²) in [5.74, 6) is -0.211. The molecule has 1 atom stereocenters. The third kappa shape index (κ3) is 1.65. The van der Waals surface area contributed by atoms with Crippen molar-refractivity contribution < 1.29 is 14.6 Å². The number of methoxy groups -OCH3 is 1. The number of carbonyl (C=O) groups excluding carboxylic acids is 1. The zero-order valence-electron chi connectivity index (χ0n) is 9.19. The highest BCUT2D eigenvalue weighted by Crippen LogP contribution is 2.33. The third-order valence-corrected chi connectivity index (χ3v) is 3.17. The van der Waals surface area contributed by atoms with E-state index in [1.54, 1.807) is 12.1 Å². The molecular weight excluding hydrogens is 206 g/mol. The Kier molecular flexibility index (Phi) is 2.59. The number of hydrogen-bond donors (Lipinski definition) is 2. The molecule has 1 aliphatic rings. The van der Waals surface area contributed by atoms with Gasteiger partial charge < -0.3 is 15.6 Å². The van der Waals surface area contributed by atoms with E-state index < -0.39 is 11.5 Å². The lowest BCUT2D eigenvalue weighted by atomic mass is 9.78. The molecule has 0 bridgehead atoms. The van der Waals surface area contributed by atoms with E-state index in [-0.39, 0.29) is 5.75 Å². The number of hydrogen-bond acceptors (Lipinski definition) is 4. The van der Waals surface area contributed by atoms with E-state index in [9.17, 15) is 9.90 Å². The van der Waals surface area contributed by atoms with Gasteiger partial charge in [0.15, 0.2) is 0 Å². The summed E-state index contributed by atoms with van der Waals surface area (Å²) in [5, 5.41) is 9.74. The molecule has 0 spiro atoms. The molecule has 1 unspecified atom stereocenters. The average Bonchev–Trinajstić information content (AvgIpc) is 2.29. The van der Waals surface area contributed by atoms with Crippen molar-refractivity contribution in [1.82, 2.24) is 0 Å². The Morgan fingerprint density at radius 2 is 2.31 bits per heavy atom. The van der Waals surface area contributed by atoms with E-state index >= 15 is 0 Å². The molecule has 4 heteroatoms. The lowest BCUT2D eigenvalue weighted by molar-refractivity contribution is -0.147. The van der Waals surface area contributed by atoms with Crippen LogP contribution >= 0.6 is 0 Å². The minimum atomic E-state index is -0.999. The zero-order valence-corrected chi connectivity index (χ0v) is 9.19. The van der Waals surface area contributed by atoms with Gasteiger partial charge in [-0.3, -0.25) is 4.79 Å². The highest BCUT2D eigenvalue weighted by Gasteiger charge is 2.39. The van der Waals surface area contributed by atoms with Crippen LogP contribution < -0.4 is 5.73 Å². The maximum atomic E-state index is 11.6. The molecule has 2 rings (SSSR count). The molecule has 1 aromatic rings. The second kappa shape index (κ2) is 3.79. The monoisotopic (exact) mass is 221 g/mol. The van der Waals surface area contributed by atoms with Crippen molar-refractivity contribution in [3.05, 3.63) is 29.3 Å². The first kappa shape index (κ1) is 11.0. The summed E-state index contributed by atoms with van der Waals surface area (Å²) in [5.41, 5.74) is 6.84. The Bertz CT molecular complexity index is 430. The van der Waals surface area contributed by atoms with Crippen LogP contribution in [0.15, 0.2) is 18.2 Å². The molecule has 0 amide bonds. The Balaban J connectivity index is 2.36. The van der Waals surface area contributed by atoms with E-state index in [4.69, 9.17) is 10.5 Å². The molecule has 3 N–H and O–H groups in total. The summed E-state index contributed by atoms with van der Waals surface area (Å²) < 4.78 is 4.70. The topological polar surface area (TPSA) is 72.5 Å². The molecule has 0 saturated carbocycles.